The summed E-state index contributed by atoms with van der Waals surface area (Å²) in [5.41, 5.74) is 0. The molecule has 0 aromatic rings. The molecular formula is C10H17NO5. The number of carbonyl (C=O) groups is 2. The van der Waals surface area contributed by atoms with E-state index in [9.17, 15) is 14.7 Å². The van der Waals surface area contributed by atoms with Gasteiger partial charge in [0.15, 0.2) is 0 Å². The number of ether oxygens (including phenoxy) is 1. The van der Waals surface area contributed by atoms with Gasteiger partial charge in [-0.3, -0.25) is 4.79 Å². The first-order valence-corrected chi connectivity index (χ1v) is 5.34. The molecule has 0 aliphatic carbocycles. The Hall–Kier alpha value is -1.14. The Bertz CT molecular complexity index is 268. The number of aliphatic hydroxyl groups excluding tert-OH is 1. The van der Waals surface area contributed by atoms with Crippen LogP contribution in [0.4, 0.5) is 0 Å². The van der Waals surface area contributed by atoms with Gasteiger partial charge in [0.25, 0.3) is 0 Å². The molecule has 0 saturated carbocycles. The van der Waals surface area contributed by atoms with Crippen molar-refractivity contribution < 1.29 is 24.5 Å². The maximum atomic E-state index is 11.6. The highest BCUT2D eigenvalue weighted by atomic mass is 16.5. The molecule has 1 fully saturated rings. The standard InChI is InChI=1S/C10H17NO5/c1-2-3-16-6-9(13)11-5-7(12)4-8(11)10(14)15/h7-8,12H,2-6H2,1H3,(H,14,15)/t7-,8-/m0/s1. The molecule has 0 aromatic heterocycles. The Morgan fingerprint density at radius 3 is 2.75 bits per heavy atom. The fraction of sp³-hybridized carbons (Fsp3) is 0.800. The predicted molar refractivity (Wildman–Crippen MR) is 54.9 cm³/mol. The summed E-state index contributed by atoms with van der Waals surface area (Å²) < 4.78 is 5.05. The second kappa shape index (κ2) is 5.81. The van der Waals surface area contributed by atoms with Crippen molar-refractivity contribution in [1.29, 1.82) is 0 Å². The molecule has 2 atom stereocenters. The average molecular weight is 231 g/mol. The van der Waals surface area contributed by atoms with Crippen LogP contribution in [0.25, 0.3) is 0 Å². The third kappa shape index (κ3) is 3.18. The summed E-state index contributed by atoms with van der Waals surface area (Å²) in [7, 11) is 0. The molecule has 1 amide bonds. The largest absolute Gasteiger partial charge is 0.480 e. The summed E-state index contributed by atoms with van der Waals surface area (Å²) >= 11 is 0. The molecule has 0 aromatic carbocycles. The highest BCUT2D eigenvalue weighted by Gasteiger charge is 2.38. The first-order chi connectivity index (χ1) is 7.56. The van der Waals surface area contributed by atoms with Gasteiger partial charge in [-0.1, -0.05) is 6.92 Å². The first kappa shape index (κ1) is 12.9. The fourth-order valence-corrected chi connectivity index (χ4v) is 1.71. The van der Waals surface area contributed by atoms with Gasteiger partial charge in [-0.05, 0) is 6.42 Å². The van der Waals surface area contributed by atoms with Gasteiger partial charge in [-0.2, -0.15) is 0 Å². The molecule has 1 rings (SSSR count). The Labute approximate surface area is 93.8 Å². The Kier molecular flexibility index (Phi) is 4.70. The van der Waals surface area contributed by atoms with Crippen LogP contribution in [0.1, 0.15) is 19.8 Å². The Balaban J connectivity index is 2.50. The normalized spacial score (nSPS) is 24.8. The lowest BCUT2D eigenvalue weighted by molar-refractivity contribution is -0.150. The molecule has 1 aliphatic heterocycles. The number of aliphatic carboxylic acids is 1. The molecule has 0 radical (unpaired) electrons. The SMILES string of the molecule is CCCOCC(=O)N1C[C@@H](O)C[C@H]1C(=O)O. The van der Waals surface area contributed by atoms with E-state index in [2.05, 4.69) is 0 Å². The van der Waals surface area contributed by atoms with Crippen molar-refractivity contribution in [1.82, 2.24) is 4.90 Å². The molecule has 0 spiro atoms. The van der Waals surface area contributed by atoms with Crippen molar-refractivity contribution in [3.05, 3.63) is 0 Å². The molecule has 92 valence electrons. The van der Waals surface area contributed by atoms with Crippen molar-refractivity contribution in [3.63, 3.8) is 0 Å². The Morgan fingerprint density at radius 1 is 1.50 bits per heavy atom. The van der Waals surface area contributed by atoms with Crippen LogP contribution in [0.2, 0.25) is 0 Å². The number of hydrogen-bond acceptors (Lipinski definition) is 4. The number of nitrogens with zero attached hydrogens (tertiary/aromatic N) is 1. The van der Waals surface area contributed by atoms with E-state index >= 15 is 0 Å². The van der Waals surface area contributed by atoms with E-state index in [0.29, 0.717) is 6.61 Å². The molecule has 6 nitrogen and oxygen atoms in total. The van der Waals surface area contributed by atoms with Crippen LogP contribution < -0.4 is 0 Å². The predicted octanol–water partition coefficient (Wildman–Crippen LogP) is -0.541. The van der Waals surface area contributed by atoms with Crippen LogP contribution >= 0.6 is 0 Å². The van der Waals surface area contributed by atoms with Crippen LogP contribution in [-0.4, -0.2) is 58.9 Å². The third-order valence-corrected chi connectivity index (χ3v) is 2.46. The van der Waals surface area contributed by atoms with Crippen LogP contribution in [0.3, 0.4) is 0 Å². The lowest BCUT2D eigenvalue weighted by Crippen LogP contribution is -2.42. The van der Waals surface area contributed by atoms with Gasteiger partial charge in [0.1, 0.15) is 12.6 Å². The maximum absolute atomic E-state index is 11.6. The van der Waals surface area contributed by atoms with Gasteiger partial charge in [0.2, 0.25) is 5.91 Å². The van der Waals surface area contributed by atoms with Crippen molar-refractivity contribution in [3.8, 4) is 0 Å². The minimum atomic E-state index is -1.08. The van der Waals surface area contributed by atoms with Crippen molar-refractivity contribution in [2.75, 3.05) is 19.8 Å². The van der Waals surface area contributed by atoms with E-state index < -0.39 is 18.1 Å². The molecule has 0 bridgehead atoms. The summed E-state index contributed by atoms with van der Waals surface area (Å²) in [6, 6.07) is -0.923. The fourth-order valence-electron chi connectivity index (χ4n) is 1.71. The maximum Gasteiger partial charge on any atom is 0.326 e. The van der Waals surface area contributed by atoms with Gasteiger partial charge >= 0.3 is 5.97 Å². The number of aliphatic hydroxyl groups is 1. The number of carboxylic acids is 1. The number of amides is 1. The highest BCUT2D eigenvalue weighted by molar-refractivity contribution is 5.85. The van der Waals surface area contributed by atoms with Gasteiger partial charge in [-0.25, -0.2) is 4.79 Å². The van der Waals surface area contributed by atoms with E-state index in [0.717, 1.165) is 6.42 Å². The van der Waals surface area contributed by atoms with Crippen molar-refractivity contribution in [2.45, 2.75) is 31.9 Å². The minimum absolute atomic E-state index is 0.0747. The van der Waals surface area contributed by atoms with E-state index in [1.165, 1.54) is 4.90 Å². The zero-order valence-corrected chi connectivity index (χ0v) is 9.26. The number of carboxylic acid groups (broad SMARTS) is 1. The smallest absolute Gasteiger partial charge is 0.326 e. The molecule has 16 heavy (non-hydrogen) atoms. The van der Waals surface area contributed by atoms with Gasteiger partial charge in [0, 0.05) is 19.6 Å². The van der Waals surface area contributed by atoms with E-state index in [1.807, 2.05) is 6.92 Å². The molecule has 0 unspecified atom stereocenters. The number of carbonyl (C=O) groups excluding carboxylic acids is 1. The van der Waals surface area contributed by atoms with Crippen LogP contribution in [-0.2, 0) is 14.3 Å². The lowest BCUT2D eigenvalue weighted by Gasteiger charge is -2.20. The number of likely N-dealkylation sites (tertiary alicyclic amines) is 1. The van der Waals surface area contributed by atoms with Crippen molar-refractivity contribution in [2.24, 2.45) is 0 Å². The van der Waals surface area contributed by atoms with Crippen LogP contribution in [0.15, 0.2) is 0 Å². The summed E-state index contributed by atoms with van der Waals surface area (Å²) in [6.07, 6.45) is 0.142. The minimum Gasteiger partial charge on any atom is -0.480 e. The molecule has 1 saturated heterocycles. The first-order valence-electron chi connectivity index (χ1n) is 5.34. The van der Waals surface area contributed by atoms with Crippen molar-refractivity contribution >= 4 is 11.9 Å². The topological polar surface area (TPSA) is 87.1 Å². The van der Waals surface area contributed by atoms with Crippen LogP contribution in [0, 0.1) is 0 Å². The van der Waals surface area contributed by atoms with Crippen LogP contribution in [0.5, 0.6) is 0 Å². The molecule has 1 heterocycles. The summed E-state index contributed by atoms with van der Waals surface area (Å²) in [5.74, 6) is -1.46. The quantitative estimate of drug-likeness (QED) is 0.620. The third-order valence-electron chi connectivity index (χ3n) is 2.46. The van der Waals surface area contributed by atoms with E-state index in [-0.39, 0.29) is 25.5 Å². The van der Waals surface area contributed by atoms with E-state index in [4.69, 9.17) is 9.84 Å². The molecular weight excluding hydrogens is 214 g/mol. The zero-order chi connectivity index (χ0) is 12.1. The van der Waals surface area contributed by atoms with E-state index in [1.54, 1.807) is 0 Å². The average Bonchev–Trinajstić information content (AvgIpc) is 2.61. The second-order valence-corrected chi connectivity index (χ2v) is 3.84. The molecule has 6 heteroatoms. The summed E-state index contributed by atoms with van der Waals surface area (Å²) in [4.78, 5) is 23.6. The lowest BCUT2D eigenvalue weighted by atomic mass is 10.2. The molecule has 2 N–H and O–H groups in total. The zero-order valence-electron chi connectivity index (χ0n) is 9.26. The van der Waals surface area contributed by atoms with Gasteiger partial charge in [-0.15, -0.1) is 0 Å². The highest BCUT2D eigenvalue weighted by Crippen LogP contribution is 2.18. The number of rotatable bonds is 5. The van der Waals surface area contributed by atoms with Gasteiger partial charge < -0.3 is 19.8 Å². The number of hydrogen-bond donors (Lipinski definition) is 2. The Morgan fingerprint density at radius 2 is 2.19 bits per heavy atom. The molecule has 1 aliphatic rings. The summed E-state index contributed by atoms with van der Waals surface area (Å²) in [5, 5.41) is 18.2. The number of β-amino-alcohol motifs (C(OH)–C–C–N with tert-alkyl or cyclic N) is 1. The summed E-state index contributed by atoms with van der Waals surface area (Å²) in [6.45, 7) is 2.35. The second-order valence-electron chi connectivity index (χ2n) is 3.84. The van der Waals surface area contributed by atoms with Gasteiger partial charge in [0.05, 0.1) is 6.10 Å². The monoisotopic (exact) mass is 231 g/mol.